The Labute approximate surface area is 238 Å². The van der Waals surface area contributed by atoms with Crippen LogP contribution in [0.1, 0.15) is 81.2 Å². The van der Waals surface area contributed by atoms with Crippen LogP contribution in [0, 0.1) is 0 Å². The van der Waals surface area contributed by atoms with E-state index in [1.165, 1.54) is 31.2 Å². The van der Waals surface area contributed by atoms with Crippen molar-refractivity contribution < 1.29 is 19.9 Å². The molecule has 0 spiro atoms. The molecule has 0 heterocycles. The largest absolute Gasteiger partial charge is 0.481 e. The maximum absolute atomic E-state index is 12.9. The average molecular weight is 551 g/mol. The van der Waals surface area contributed by atoms with Crippen molar-refractivity contribution in [3.63, 3.8) is 0 Å². The van der Waals surface area contributed by atoms with Gasteiger partial charge in [0.25, 0.3) is 5.97 Å². The predicted molar refractivity (Wildman–Crippen MR) is 157 cm³/mol. The second-order valence-electron chi connectivity index (χ2n) is 10.5. The molecular formula is C33H41ClNO4. The fraction of sp³-hybridized carbons (Fsp3) is 0.394. The summed E-state index contributed by atoms with van der Waals surface area (Å²) in [5.41, 5.74) is 4.48. The first-order valence-electron chi connectivity index (χ1n) is 13.6. The molecule has 0 saturated heterocycles. The molecule has 0 bridgehead atoms. The van der Waals surface area contributed by atoms with Crippen LogP contribution in [-0.4, -0.2) is 21.9 Å². The smallest absolute Gasteiger partial charge is 0.300 e. The van der Waals surface area contributed by atoms with Crippen LogP contribution >= 0.6 is 11.6 Å². The van der Waals surface area contributed by atoms with Gasteiger partial charge < -0.3 is 5.11 Å². The second-order valence-corrected chi connectivity index (χ2v) is 10.9. The molecule has 0 aliphatic carbocycles. The van der Waals surface area contributed by atoms with E-state index in [-0.39, 0.29) is 12.3 Å². The quantitative estimate of drug-likeness (QED) is 0.173. The normalized spacial score (nSPS) is 11.2. The van der Waals surface area contributed by atoms with Crippen molar-refractivity contribution in [2.75, 3.05) is 0 Å². The highest BCUT2D eigenvalue weighted by atomic mass is 35.5. The molecule has 0 aromatic heterocycles. The molecule has 3 aromatic rings. The third-order valence-electron chi connectivity index (χ3n) is 6.65. The van der Waals surface area contributed by atoms with Crippen molar-refractivity contribution in [1.82, 2.24) is 5.06 Å². The second kappa shape index (κ2) is 16.2. The van der Waals surface area contributed by atoms with E-state index in [1.54, 1.807) is 6.07 Å². The van der Waals surface area contributed by atoms with Gasteiger partial charge in [-0.2, -0.15) is 0 Å². The van der Waals surface area contributed by atoms with Gasteiger partial charge in [-0.3, -0.25) is 9.59 Å². The van der Waals surface area contributed by atoms with Crippen LogP contribution in [0.25, 0.3) is 0 Å². The molecule has 5 nitrogen and oxygen atoms in total. The van der Waals surface area contributed by atoms with Crippen LogP contribution in [0.4, 0.5) is 0 Å². The van der Waals surface area contributed by atoms with E-state index in [9.17, 15) is 10.0 Å². The molecule has 209 valence electrons. The topological polar surface area (TPSA) is 77.5 Å². The van der Waals surface area contributed by atoms with Gasteiger partial charge in [0.15, 0.2) is 0 Å². The lowest BCUT2D eigenvalue weighted by Crippen LogP contribution is -2.37. The lowest BCUT2D eigenvalue weighted by atomic mass is 9.93. The monoisotopic (exact) mass is 550 g/mol. The fourth-order valence-electron chi connectivity index (χ4n) is 4.24. The molecule has 0 aliphatic rings. The number of nitrogens with zero attached hydrogens (tertiary/aromatic N) is 1. The lowest BCUT2D eigenvalue weighted by Gasteiger charge is -2.32. The van der Waals surface area contributed by atoms with Crippen LogP contribution in [0.5, 0.6) is 0 Å². The number of hydrogen-bond donors (Lipinski definition) is 1. The first kappa shape index (κ1) is 32.2. The molecular weight excluding hydrogens is 510 g/mol. The highest BCUT2D eigenvalue weighted by molar-refractivity contribution is 6.30. The molecule has 0 unspecified atom stereocenters. The summed E-state index contributed by atoms with van der Waals surface area (Å²) >= 11 is 6.11. The Morgan fingerprint density at radius 3 is 1.85 bits per heavy atom. The minimum Gasteiger partial charge on any atom is -0.481 e. The summed E-state index contributed by atoms with van der Waals surface area (Å²) in [7, 11) is 0. The summed E-state index contributed by atoms with van der Waals surface area (Å²) < 4.78 is 0. The van der Waals surface area contributed by atoms with E-state index in [4.69, 9.17) is 21.5 Å². The lowest BCUT2D eigenvalue weighted by molar-refractivity contribution is -0.229. The summed E-state index contributed by atoms with van der Waals surface area (Å²) in [6.07, 6.45) is 7.00. The molecule has 1 N–H and O–H groups in total. The fourth-order valence-corrected chi connectivity index (χ4v) is 4.43. The molecule has 0 atom stereocenters. The molecule has 1 radical (unpaired) electrons. The van der Waals surface area contributed by atoms with E-state index in [1.807, 2.05) is 56.3 Å². The third kappa shape index (κ3) is 11.7. The van der Waals surface area contributed by atoms with E-state index in [2.05, 4.69) is 31.2 Å². The van der Waals surface area contributed by atoms with E-state index in [0.29, 0.717) is 17.9 Å². The number of carboxylic acid groups (broad SMARTS) is 1. The van der Waals surface area contributed by atoms with Crippen LogP contribution in [0.15, 0.2) is 72.8 Å². The van der Waals surface area contributed by atoms with Crippen molar-refractivity contribution in [3.8, 4) is 0 Å². The van der Waals surface area contributed by atoms with E-state index < -0.39 is 11.5 Å². The Morgan fingerprint density at radius 1 is 0.821 bits per heavy atom. The predicted octanol–water partition coefficient (Wildman–Crippen LogP) is 7.99. The number of carbonyl (C=O) groups excluding carboxylic acids is 1. The van der Waals surface area contributed by atoms with Crippen molar-refractivity contribution in [1.29, 1.82) is 0 Å². The van der Waals surface area contributed by atoms with Gasteiger partial charge in [0.05, 0.1) is 12.1 Å². The van der Waals surface area contributed by atoms with Gasteiger partial charge in [0.1, 0.15) is 5.78 Å². The minimum absolute atomic E-state index is 0.195. The standard InChI is InChI=1S/C31H37ClNO2.C2H4O2/c1-4-5-6-7-9-24-12-14-25(15-13-24)20-30(34)21-26-16-18-27(19-17-26)23-33(35)31(2,3)28-10-8-11-29(32)22-28;1-2(3)4/h8,10-19,22H,4-7,9,20-21,23H2,1-3H3;1H3,(H,3,4). The van der Waals surface area contributed by atoms with Crippen LogP contribution in [0.3, 0.4) is 0 Å². The van der Waals surface area contributed by atoms with Crippen molar-refractivity contribution in [2.45, 2.75) is 84.7 Å². The first-order valence-corrected chi connectivity index (χ1v) is 14.0. The van der Waals surface area contributed by atoms with E-state index >= 15 is 0 Å². The Kier molecular flexibility index (Phi) is 13.4. The number of carboxylic acids is 1. The molecule has 0 aliphatic heterocycles. The highest BCUT2D eigenvalue weighted by Gasteiger charge is 2.29. The summed E-state index contributed by atoms with van der Waals surface area (Å²) in [5, 5.41) is 22.1. The SMILES string of the molecule is CC(=O)O.CCCCCCc1ccc(CC(=O)Cc2ccc(CN([O])C(C)(C)c3cccc(Cl)c3)cc2)cc1. The number of rotatable bonds is 13. The summed E-state index contributed by atoms with van der Waals surface area (Å²) in [6, 6.07) is 23.7. The number of hydrogen-bond acceptors (Lipinski definition) is 3. The number of halogens is 1. The van der Waals surface area contributed by atoms with Gasteiger partial charge in [-0.1, -0.05) is 98.5 Å². The summed E-state index contributed by atoms with van der Waals surface area (Å²) in [6.45, 7) is 7.37. The number of aryl methyl sites for hydroxylation is 1. The molecule has 6 heteroatoms. The van der Waals surface area contributed by atoms with Crippen molar-refractivity contribution in [3.05, 3.63) is 106 Å². The number of ketones is 1. The Balaban J connectivity index is 0.00000124. The van der Waals surface area contributed by atoms with Crippen LogP contribution in [-0.2, 0) is 46.1 Å². The molecule has 39 heavy (non-hydrogen) atoms. The van der Waals surface area contributed by atoms with Gasteiger partial charge in [-0.05, 0) is 66.6 Å². The zero-order valence-electron chi connectivity index (χ0n) is 23.6. The Morgan fingerprint density at radius 2 is 1.33 bits per heavy atom. The zero-order valence-corrected chi connectivity index (χ0v) is 24.3. The zero-order chi connectivity index (χ0) is 28.8. The van der Waals surface area contributed by atoms with E-state index in [0.717, 1.165) is 40.7 Å². The van der Waals surface area contributed by atoms with Gasteiger partial charge in [0.2, 0.25) is 0 Å². The number of benzene rings is 3. The molecule has 0 saturated carbocycles. The van der Waals surface area contributed by atoms with Crippen LogP contribution in [0.2, 0.25) is 5.02 Å². The highest BCUT2D eigenvalue weighted by Crippen LogP contribution is 2.29. The number of hydroxylamine groups is 2. The number of Topliss-reactive ketones (excluding diaryl/α,β-unsaturated/α-hetero) is 1. The molecule has 3 rings (SSSR count). The molecule has 0 fully saturated rings. The first-order chi connectivity index (χ1) is 18.5. The average Bonchev–Trinajstić information content (AvgIpc) is 2.88. The number of unbranched alkanes of at least 4 members (excludes halogenated alkanes) is 3. The summed E-state index contributed by atoms with van der Waals surface area (Å²) in [5.74, 6) is -0.638. The Bertz CT molecular complexity index is 1170. The maximum atomic E-state index is 12.9. The van der Waals surface area contributed by atoms with Crippen LogP contribution < -0.4 is 0 Å². The van der Waals surface area contributed by atoms with Gasteiger partial charge in [-0.15, -0.1) is 10.3 Å². The molecule has 3 aromatic carbocycles. The van der Waals surface area contributed by atoms with Gasteiger partial charge in [-0.25, -0.2) is 0 Å². The van der Waals surface area contributed by atoms with Gasteiger partial charge >= 0.3 is 0 Å². The number of carbonyl (C=O) groups is 2. The third-order valence-corrected chi connectivity index (χ3v) is 6.88. The van der Waals surface area contributed by atoms with Crippen molar-refractivity contribution in [2.24, 2.45) is 0 Å². The molecule has 0 amide bonds. The Hall–Kier alpha value is -2.99. The van der Waals surface area contributed by atoms with Crippen molar-refractivity contribution >= 4 is 23.4 Å². The summed E-state index contributed by atoms with van der Waals surface area (Å²) in [4.78, 5) is 21.6. The maximum Gasteiger partial charge on any atom is 0.300 e. The number of aliphatic carboxylic acids is 1. The van der Waals surface area contributed by atoms with Gasteiger partial charge in [0, 0.05) is 24.8 Å². The minimum atomic E-state index is -0.833.